The molecular weight excluding hydrogens is 366 g/mol. The van der Waals surface area contributed by atoms with E-state index in [2.05, 4.69) is 15.5 Å². The van der Waals surface area contributed by atoms with Gasteiger partial charge in [-0.2, -0.15) is 4.98 Å². The molecule has 8 nitrogen and oxygen atoms in total. The van der Waals surface area contributed by atoms with Crippen LogP contribution in [0.15, 0.2) is 22.0 Å². The molecule has 0 spiro atoms. The Labute approximate surface area is 162 Å². The number of aromatic nitrogens is 2. The maximum Gasteiger partial charge on any atom is 0.226 e. The van der Waals surface area contributed by atoms with E-state index >= 15 is 0 Å². The second-order valence-corrected chi connectivity index (χ2v) is 7.55. The molecule has 0 saturated carbocycles. The fraction of sp³-hybridized carbons (Fsp3) is 0.556. The number of nitrogens with zero attached hydrogens (tertiary/aromatic N) is 3. The Bertz CT molecular complexity index is 746. The van der Waals surface area contributed by atoms with Crippen molar-refractivity contribution in [1.29, 1.82) is 0 Å². The average Bonchev–Trinajstić information content (AvgIpc) is 3.37. The van der Waals surface area contributed by atoms with Crippen LogP contribution < -0.4 is 11.1 Å². The summed E-state index contributed by atoms with van der Waals surface area (Å²) in [5.74, 6) is 1.06. The van der Waals surface area contributed by atoms with Crippen LogP contribution in [0.3, 0.4) is 0 Å². The minimum Gasteiger partial charge on any atom is -0.355 e. The van der Waals surface area contributed by atoms with E-state index in [0.717, 1.165) is 17.7 Å². The molecule has 2 aromatic heterocycles. The maximum absolute atomic E-state index is 12.5. The van der Waals surface area contributed by atoms with Crippen molar-refractivity contribution in [3.63, 3.8) is 0 Å². The van der Waals surface area contributed by atoms with E-state index in [1.807, 2.05) is 17.5 Å². The second-order valence-electron chi connectivity index (χ2n) is 6.60. The third kappa shape index (κ3) is 5.36. The number of hydrogen-bond donors (Lipinski definition) is 2. The summed E-state index contributed by atoms with van der Waals surface area (Å²) in [5, 5.41) is 8.75. The molecule has 1 aliphatic heterocycles. The van der Waals surface area contributed by atoms with Gasteiger partial charge in [0.05, 0.1) is 10.8 Å². The Morgan fingerprint density at radius 2 is 2.33 bits per heavy atom. The quantitative estimate of drug-likeness (QED) is 0.704. The number of likely N-dealkylation sites (tertiary alicyclic amines) is 1. The number of amides is 2. The SMILES string of the molecule is NCCNC(=O)C1CCCN(C(=O)CCCc2nc(-c3cccs3)no2)C1. The van der Waals surface area contributed by atoms with Gasteiger partial charge in [-0.05, 0) is 30.7 Å². The summed E-state index contributed by atoms with van der Waals surface area (Å²) in [6.07, 6.45) is 3.28. The minimum absolute atomic E-state index is 0.00934. The summed E-state index contributed by atoms with van der Waals surface area (Å²) in [5.41, 5.74) is 5.42. The molecule has 3 rings (SSSR count). The molecule has 0 aromatic carbocycles. The van der Waals surface area contributed by atoms with Crippen LogP contribution >= 0.6 is 11.3 Å². The molecule has 0 aliphatic carbocycles. The van der Waals surface area contributed by atoms with Gasteiger partial charge in [0.1, 0.15) is 0 Å². The van der Waals surface area contributed by atoms with E-state index in [-0.39, 0.29) is 17.7 Å². The van der Waals surface area contributed by atoms with Gasteiger partial charge < -0.3 is 20.5 Å². The lowest BCUT2D eigenvalue weighted by atomic mass is 9.96. The molecular formula is C18H25N5O3S. The monoisotopic (exact) mass is 391 g/mol. The first kappa shape index (κ1) is 19.5. The Morgan fingerprint density at radius 3 is 3.11 bits per heavy atom. The van der Waals surface area contributed by atoms with Crippen molar-refractivity contribution >= 4 is 23.2 Å². The van der Waals surface area contributed by atoms with E-state index in [1.165, 1.54) is 0 Å². The van der Waals surface area contributed by atoms with E-state index in [0.29, 0.717) is 57.2 Å². The normalized spacial score (nSPS) is 17.1. The van der Waals surface area contributed by atoms with E-state index < -0.39 is 0 Å². The topological polar surface area (TPSA) is 114 Å². The lowest BCUT2D eigenvalue weighted by Gasteiger charge is -2.32. The first-order chi connectivity index (χ1) is 13.2. The standard InChI is InChI=1S/C18H25N5O3S/c19-8-9-20-18(25)13-4-2-10-23(12-13)16(24)7-1-6-15-21-17(22-26-15)14-5-3-11-27-14/h3,5,11,13H,1-2,4,6-10,12,19H2,(H,20,25). The molecule has 0 radical (unpaired) electrons. The number of rotatable bonds is 8. The van der Waals surface area contributed by atoms with Crippen molar-refractivity contribution in [2.45, 2.75) is 32.1 Å². The molecule has 27 heavy (non-hydrogen) atoms. The van der Waals surface area contributed by atoms with E-state index in [4.69, 9.17) is 10.3 Å². The van der Waals surface area contributed by atoms with Crippen molar-refractivity contribution in [2.75, 3.05) is 26.2 Å². The van der Waals surface area contributed by atoms with Crippen LogP contribution in [0.25, 0.3) is 10.7 Å². The molecule has 146 valence electrons. The number of piperidine rings is 1. The largest absolute Gasteiger partial charge is 0.355 e. The van der Waals surface area contributed by atoms with Crippen LogP contribution in [0.4, 0.5) is 0 Å². The summed E-state index contributed by atoms with van der Waals surface area (Å²) >= 11 is 1.56. The molecule has 1 aliphatic rings. The number of nitrogens with two attached hydrogens (primary N) is 1. The predicted molar refractivity (Wildman–Crippen MR) is 102 cm³/mol. The number of carbonyl (C=O) groups is 2. The highest BCUT2D eigenvalue weighted by molar-refractivity contribution is 7.13. The Kier molecular flexibility index (Phi) is 6.94. The van der Waals surface area contributed by atoms with Crippen LogP contribution in [-0.2, 0) is 16.0 Å². The molecule has 1 atom stereocenters. The molecule has 3 heterocycles. The minimum atomic E-state index is -0.140. The van der Waals surface area contributed by atoms with Crippen LogP contribution in [0.1, 0.15) is 31.6 Å². The highest BCUT2D eigenvalue weighted by Gasteiger charge is 2.27. The zero-order chi connectivity index (χ0) is 19.1. The Hall–Kier alpha value is -2.26. The Morgan fingerprint density at radius 1 is 1.44 bits per heavy atom. The van der Waals surface area contributed by atoms with E-state index in [1.54, 1.807) is 16.2 Å². The van der Waals surface area contributed by atoms with Gasteiger partial charge in [-0.25, -0.2) is 0 Å². The van der Waals surface area contributed by atoms with Crippen molar-refractivity contribution in [3.8, 4) is 10.7 Å². The molecule has 2 aromatic rings. The van der Waals surface area contributed by atoms with Crippen molar-refractivity contribution < 1.29 is 14.1 Å². The van der Waals surface area contributed by atoms with Gasteiger partial charge in [0.15, 0.2) is 0 Å². The van der Waals surface area contributed by atoms with Gasteiger partial charge in [-0.3, -0.25) is 9.59 Å². The van der Waals surface area contributed by atoms with Gasteiger partial charge in [0.25, 0.3) is 0 Å². The predicted octanol–water partition coefficient (Wildman–Crippen LogP) is 1.43. The molecule has 2 amide bonds. The maximum atomic E-state index is 12.5. The average molecular weight is 391 g/mol. The van der Waals surface area contributed by atoms with Crippen molar-refractivity contribution in [2.24, 2.45) is 11.7 Å². The number of thiophene rings is 1. The summed E-state index contributed by atoms with van der Waals surface area (Å²) in [4.78, 5) is 31.7. The first-order valence-corrected chi connectivity index (χ1v) is 10.2. The van der Waals surface area contributed by atoms with Gasteiger partial charge in [-0.1, -0.05) is 11.2 Å². The van der Waals surface area contributed by atoms with Crippen molar-refractivity contribution in [1.82, 2.24) is 20.4 Å². The molecule has 1 fully saturated rings. The van der Waals surface area contributed by atoms with Gasteiger partial charge in [0, 0.05) is 39.0 Å². The van der Waals surface area contributed by atoms with Crippen LogP contribution in [0.5, 0.6) is 0 Å². The van der Waals surface area contributed by atoms with Gasteiger partial charge in [-0.15, -0.1) is 11.3 Å². The van der Waals surface area contributed by atoms with Crippen molar-refractivity contribution in [3.05, 3.63) is 23.4 Å². The molecule has 1 unspecified atom stereocenters. The zero-order valence-electron chi connectivity index (χ0n) is 15.2. The molecule has 9 heteroatoms. The van der Waals surface area contributed by atoms with Gasteiger partial charge in [0.2, 0.25) is 23.5 Å². The van der Waals surface area contributed by atoms with Crippen LogP contribution in [-0.4, -0.2) is 53.0 Å². The summed E-state index contributed by atoms with van der Waals surface area (Å²) in [6, 6.07) is 3.89. The zero-order valence-corrected chi connectivity index (χ0v) is 16.0. The fourth-order valence-electron chi connectivity index (χ4n) is 3.17. The number of hydrogen-bond acceptors (Lipinski definition) is 7. The highest BCUT2D eigenvalue weighted by Crippen LogP contribution is 2.22. The Balaban J connectivity index is 1.43. The number of nitrogens with one attached hydrogen (secondary N) is 1. The smallest absolute Gasteiger partial charge is 0.226 e. The molecule has 3 N–H and O–H groups in total. The third-order valence-electron chi connectivity index (χ3n) is 4.58. The number of aryl methyl sites for hydroxylation is 1. The summed E-state index contributed by atoms with van der Waals surface area (Å²) in [7, 11) is 0. The second kappa shape index (κ2) is 9.61. The lowest BCUT2D eigenvalue weighted by Crippen LogP contribution is -2.46. The van der Waals surface area contributed by atoms with Crippen LogP contribution in [0, 0.1) is 5.92 Å². The molecule has 0 bridgehead atoms. The lowest BCUT2D eigenvalue weighted by molar-refractivity contribution is -0.135. The number of carbonyl (C=O) groups excluding carboxylic acids is 2. The highest BCUT2D eigenvalue weighted by atomic mass is 32.1. The molecule has 1 saturated heterocycles. The summed E-state index contributed by atoms with van der Waals surface area (Å²) in [6.45, 7) is 2.09. The van der Waals surface area contributed by atoms with Crippen LogP contribution in [0.2, 0.25) is 0 Å². The fourth-order valence-corrected chi connectivity index (χ4v) is 3.82. The van der Waals surface area contributed by atoms with E-state index in [9.17, 15) is 9.59 Å². The third-order valence-corrected chi connectivity index (χ3v) is 5.45. The van der Waals surface area contributed by atoms with Gasteiger partial charge >= 0.3 is 0 Å². The summed E-state index contributed by atoms with van der Waals surface area (Å²) < 4.78 is 5.26. The first-order valence-electron chi connectivity index (χ1n) is 9.29.